The Hall–Kier alpha value is -1.43. The van der Waals surface area contributed by atoms with E-state index in [4.69, 9.17) is 0 Å². The van der Waals surface area contributed by atoms with E-state index in [9.17, 15) is 14.0 Å². The lowest BCUT2D eigenvalue weighted by molar-refractivity contribution is -0.145. The summed E-state index contributed by atoms with van der Waals surface area (Å²) in [5.74, 6) is -1.53. The zero-order valence-electron chi connectivity index (χ0n) is 10.4. The molecule has 0 radical (unpaired) electrons. The molecule has 0 spiro atoms. The van der Waals surface area contributed by atoms with E-state index in [1.54, 1.807) is 6.07 Å². The van der Waals surface area contributed by atoms with Crippen molar-refractivity contribution in [1.82, 2.24) is 4.90 Å². The number of amides is 1. The summed E-state index contributed by atoms with van der Waals surface area (Å²) in [6.07, 6.45) is 1.26. The Morgan fingerprint density at radius 3 is 2.84 bits per heavy atom. The molecule has 1 aliphatic heterocycles. The van der Waals surface area contributed by atoms with Crippen molar-refractivity contribution in [2.24, 2.45) is 0 Å². The molecule has 1 amide bonds. The van der Waals surface area contributed by atoms with Crippen LogP contribution in [0.3, 0.4) is 0 Å². The summed E-state index contributed by atoms with van der Waals surface area (Å²) in [5.41, 5.74) is -0.0287. The maximum atomic E-state index is 13.8. The Kier molecular flexibility index (Phi) is 4.19. The molecule has 1 heterocycles. The number of carbonyl (C=O) groups excluding carboxylic acids is 2. The van der Waals surface area contributed by atoms with Gasteiger partial charge in [-0.25, -0.2) is 9.18 Å². The van der Waals surface area contributed by atoms with Crippen LogP contribution in [0.2, 0.25) is 0 Å². The molecule has 0 aliphatic carbocycles. The molecular weight excluding hydrogens is 317 g/mol. The largest absolute Gasteiger partial charge is 0.467 e. The Labute approximate surface area is 118 Å². The topological polar surface area (TPSA) is 46.6 Å². The molecule has 1 atom stereocenters. The summed E-state index contributed by atoms with van der Waals surface area (Å²) < 4.78 is 19.0. The predicted octanol–water partition coefficient (Wildman–Crippen LogP) is 2.37. The maximum Gasteiger partial charge on any atom is 0.328 e. The van der Waals surface area contributed by atoms with Crippen LogP contribution in [0.1, 0.15) is 23.2 Å². The number of carbonyl (C=O) groups is 2. The highest BCUT2D eigenvalue weighted by Crippen LogP contribution is 2.23. The summed E-state index contributed by atoms with van der Waals surface area (Å²) in [4.78, 5) is 25.2. The lowest BCUT2D eigenvalue weighted by Gasteiger charge is -2.22. The van der Waals surface area contributed by atoms with Crippen LogP contribution in [0.15, 0.2) is 22.7 Å². The van der Waals surface area contributed by atoms with Crippen molar-refractivity contribution >= 4 is 27.8 Å². The zero-order chi connectivity index (χ0) is 14.0. The molecule has 1 aromatic rings. The van der Waals surface area contributed by atoms with Gasteiger partial charge in [0.2, 0.25) is 0 Å². The van der Waals surface area contributed by atoms with Crippen molar-refractivity contribution in [3.63, 3.8) is 0 Å². The van der Waals surface area contributed by atoms with Gasteiger partial charge >= 0.3 is 5.97 Å². The van der Waals surface area contributed by atoms with E-state index >= 15 is 0 Å². The van der Waals surface area contributed by atoms with Crippen molar-refractivity contribution in [1.29, 1.82) is 0 Å². The van der Waals surface area contributed by atoms with Crippen LogP contribution in [-0.2, 0) is 9.53 Å². The third-order valence-electron chi connectivity index (χ3n) is 3.15. The number of benzene rings is 1. The number of esters is 1. The van der Waals surface area contributed by atoms with Crippen LogP contribution >= 0.6 is 15.9 Å². The Balaban J connectivity index is 2.25. The summed E-state index contributed by atoms with van der Waals surface area (Å²) in [6, 6.07) is 3.63. The molecule has 102 valence electrons. The van der Waals surface area contributed by atoms with Crippen molar-refractivity contribution in [2.45, 2.75) is 18.9 Å². The van der Waals surface area contributed by atoms with Crippen LogP contribution in [0.5, 0.6) is 0 Å². The number of likely N-dealkylation sites (tertiary alicyclic amines) is 1. The van der Waals surface area contributed by atoms with Gasteiger partial charge in [0.1, 0.15) is 11.9 Å². The van der Waals surface area contributed by atoms with E-state index in [0.29, 0.717) is 23.9 Å². The van der Waals surface area contributed by atoms with Gasteiger partial charge in [-0.15, -0.1) is 0 Å². The summed E-state index contributed by atoms with van der Waals surface area (Å²) >= 11 is 3.14. The number of hydrogen-bond acceptors (Lipinski definition) is 3. The molecule has 1 aliphatic rings. The third-order valence-corrected chi connectivity index (χ3v) is 3.64. The van der Waals surface area contributed by atoms with Crippen molar-refractivity contribution in [3.05, 3.63) is 34.1 Å². The van der Waals surface area contributed by atoms with Gasteiger partial charge in [0.15, 0.2) is 0 Å². The smallest absolute Gasteiger partial charge is 0.328 e. The number of rotatable bonds is 2. The molecule has 0 aromatic heterocycles. The minimum absolute atomic E-state index is 0.0287. The summed E-state index contributed by atoms with van der Waals surface area (Å²) in [7, 11) is 1.28. The molecule has 0 unspecified atom stereocenters. The second-order valence-corrected chi connectivity index (χ2v) is 5.22. The van der Waals surface area contributed by atoms with E-state index in [1.165, 1.54) is 24.1 Å². The first kappa shape index (κ1) is 14.0. The van der Waals surface area contributed by atoms with E-state index < -0.39 is 23.7 Å². The first-order chi connectivity index (χ1) is 9.04. The van der Waals surface area contributed by atoms with Gasteiger partial charge < -0.3 is 9.64 Å². The van der Waals surface area contributed by atoms with Gasteiger partial charge in [0, 0.05) is 11.0 Å². The highest BCUT2D eigenvalue weighted by Gasteiger charge is 2.36. The lowest BCUT2D eigenvalue weighted by atomic mass is 10.1. The summed E-state index contributed by atoms with van der Waals surface area (Å²) in [5, 5.41) is 0. The van der Waals surface area contributed by atoms with Crippen molar-refractivity contribution in [3.8, 4) is 0 Å². The average molecular weight is 330 g/mol. The average Bonchev–Trinajstić information content (AvgIpc) is 2.86. The predicted molar refractivity (Wildman–Crippen MR) is 70.2 cm³/mol. The fraction of sp³-hybridized carbons (Fsp3) is 0.385. The van der Waals surface area contributed by atoms with Crippen LogP contribution in [0, 0.1) is 5.82 Å². The zero-order valence-corrected chi connectivity index (χ0v) is 11.9. The number of methoxy groups -OCH3 is 1. The monoisotopic (exact) mass is 329 g/mol. The number of ether oxygens (including phenoxy) is 1. The Bertz CT molecular complexity index is 521. The van der Waals surface area contributed by atoms with E-state index in [-0.39, 0.29) is 5.56 Å². The molecule has 0 N–H and O–H groups in total. The highest BCUT2D eigenvalue weighted by atomic mass is 79.9. The third kappa shape index (κ3) is 2.78. The van der Waals surface area contributed by atoms with E-state index in [2.05, 4.69) is 20.7 Å². The van der Waals surface area contributed by atoms with Crippen molar-refractivity contribution < 1.29 is 18.7 Å². The molecule has 19 heavy (non-hydrogen) atoms. The SMILES string of the molecule is COC(=O)[C@@H]1CCCN1C(=O)c1ccc(Br)cc1F. The fourth-order valence-corrected chi connectivity index (χ4v) is 2.54. The maximum absolute atomic E-state index is 13.8. The van der Waals surface area contributed by atoms with Gasteiger partial charge in [-0.2, -0.15) is 0 Å². The number of nitrogens with zero attached hydrogens (tertiary/aromatic N) is 1. The fourth-order valence-electron chi connectivity index (χ4n) is 2.21. The van der Waals surface area contributed by atoms with Gasteiger partial charge in [-0.1, -0.05) is 15.9 Å². The van der Waals surface area contributed by atoms with Gasteiger partial charge in [0.05, 0.1) is 12.7 Å². The van der Waals surface area contributed by atoms with Gasteiger partial charge in [-0.05, 0) is 31.0 Å². The van der Waals surface area contributed by atoms with E-state index in [0.717, 1.165) is 0 Å². The Morgan fingerprint density at radius 2 is 2.21 bits per heavy atom. The molecular formula is C13H13BrFNO3. The highest BCUT2D eigenvalue weighted by molar-refractivity contribution is 9.10. The first-order valence-corrected chi connectivity index (χ1v) is 6.67. The molecule has 1 fully saturated rings. The molecule has 2 rings (SSSR count). The van der Waals surface area contributed by atoms with Gasteiger partial charge in [0.25, 0.3) is 5.91 Å². The standard InChI is InChI=1S/C13H13BrFNO3/c1-19-13(18)11-3-2-6-16(11)12(17)9-5-4-8(14)7-10(9)15/h4-5,7,11H,2-3,6H2,1H3/t11-/m0/s1. The van der Waals surface area contributed by atoms with Crippen LogP contribution in [0.4, 0.5) is 4.39 Å². The van der Waals surface area contributed by atoms with Crippen LogP contribution in [0.25, 0.3) is 0 Å². The van der Waals surface area contributed by atoms with Crippen LogP contribution < -0.4 is 0 Å². The minimum atomic E-state index is -0.611. The van der Waals surface area contributed by atoms with E-state index in [1.807, 2.05) is 0 Å². The molecule has 0 bridgehead atoms. The lowest BCUT2D eigenvalue weighted by Crippen LogP contribution is -2.41. The van der Waals surface area contributed by atoms with Crippen molar-refractivity contribution in [2.75, 3.05) is 13.7 Å². The molecule has 4 nitrogen and oxygen atoms in total. The molecule has 1 aromatic carbocycles. The Morgan fingerprint density at radius 1 is 1.47 bits per heavy atom. The van der Waals surface area contributed by atoms with Crippen LogP contribution in [-0.4, -0.2) is 36.5 Å². The second kappa shape index (κ2) is 5.69. The normalized spacial score (nSPS) is 18.5. The number of hydrogen-bond donors (Lipinski definition) is 0. The quantitative estimate of drug-likeness (QED) is 0.782. The molecule has 0 saturated carbocycles. The molecule has 6 heteroatoms. The number of halogens is 2. The minimum Gasteiger partial charge on any atom is -0.467 e. The first-order valence-electron chi connectivity index (χ1n) is 5.88. The van der Waals surface area contributed by atoms with Gasteiger partial charge in [-0.3, -0.25) is 4.79 Å². The second-order valence-electron chi connectivity index (χ2n) is 4.30. The summed E-state index contributed by atoms with van der Waals surface area (Å²) in [6.45, 7) is 0.439. The molecule has 1 saturated heterocycles.